The summed E-state index contributed by atoms with van der Waals surface area (Å²) in [6, 6.07) is 6.89. The van der Waals surface area contributed by atoms with Gasteiger partial charge in [-0.3, -0.25) is 4.79 Å². The van der Waals surface area contributed by atoms with Crippen LogP contribution in [0.15, 0.2) is 24.3 Å². The van der Waals surface area contributed by atoms with E-state index in [9.17, 15) is 15.0 Å². The number of phenols is 1. The summed E-state index contributed by atoms with van der Waals surface area (Å²) in [5, 5.41) is 23.6. The third-order valence-corrected chi connectivity index (χ3v) is 6.79. The van der Waals surface area contributed by atoms with Crippen LogP contribution in [0, 0.1) is 11.8 Å². The largest absolute Gasteiger partial charge is 0.502 e. The Morgan fingerprint density at radius 1 is 1.06 bits per heavy atom. The highest BCUT2D eigenvalue weighted by atomic mass is 16.7. The first-order chi connectivity index (χ1) is 16.0. The zero-order valence-electron chi connectivity index (χ0n) is 18.7. The molecule has 0 bridgehead atoms. The molecule has 1 unspecified atom stereocenters. The van der Waals surface area contributed by atoms with E-state index in [-0.39, 0.29) is 67.1 Å². The highest BCUT2D eigenvalue weighted by Gasteiger charge is 2.52. The summed E-state index contributed by atoms with van der Waals surface area (Å²) in [6.07, 6.45) is 0. The maximum absolute atomic E-state index is 13.0. The van der Waals surface area contributed by atoms with Gasteiger partial charge in [0.2, 0.25) is 12.5 Å². The van der Waals surface area contributed by atoms with E-state index >= 15 is 0 Å². The lowest BCUT2D eigenvalue weighted by atomic mass is 9.65. The van der Waals surface area contributed by atoms with E-state index in [1.165, 1.54) is 14.2 Å². The summed E-state index contributed by atoms with van der Waals surface area (Å²) < 4.78 is 27.6. The number of fused-ring (bicyclic) bond motifs is 3. The maximum Gasteiger partial charge on any atom is 0.310 e. The smallest absolute Gasteiger partial charge is 0.310 e. The number of phenolic OH excluding ortho intramolecular Hbond substituents is 1. The molecule has 0 radical (unpaired) electrons. The van der Waals surface area contributed by atoms with Gasteiger partial charge in [0, 0.05) is 23.9 Å². The molecule has 9 nitrogen and oxygen atoms in total. The Morgan fingerprint density at radius 2 is 1.70 bits per heavy atom. The summed E-state index contributed by atoms with van der Waals surface area (Å²) >= 11 is 0. The van der Waals surface area contributed by atoms with Crippen molar-refractivity contribution in [3.63, 3.8) is 0 Å². The monoisotopic (exact) mass is 457 g/mol. The third-order valence-electron chi connectivity index (χ3n) is 6.79. The Hall–Kier alpha value is -3.17. The molecule has 0 aromatic heterocycles. The molecular weight excluding hydrogens is 430 g/mol. The van der Waals surface area contributed by atoms with Gasteiger partial charge in [0.25, 0.3) is 0 Å². The molecule has 0 spiro atoms. The van der Waals surface area contributed by atoms with Crippen LogP contribution >= 0.6 is 0 Å². The Labute approximate surface area is 191 Å². The van der Waals surface area contributed by atoms with Crippen LogP contribution < -0.4 is 24.3 Å². The molecule has 5 atom stereocenters. The number of aromatic hydroxyl groups is 1. The number of carbonyl (C=O) groups excluding carboxylic acids is 1. The number of cyclic esters (lactones) is 1. The predicted molar refractivity (Wildman–Crippen MR) is 116 cm³/mol. The molecular formula is C24H27NO8. The molecule has 2 aliphatic heterocycles. The molecule has 1 fully saturated rings. The van der Waals surface area contributed by atoms with E-state index in [2.05, 4.69) is 5.32 Å². The normalized spacial score (nSPS) is 25.8. The van der Waals surface area contributed by atoms with Gasteiger partial charge < -0.3 is 39.2 Å². The van der Waals surface area contributed by atoms with Gasteiger partial charge in [-0.2, -0.15) is 0 Å². The molecule has 2 aromatic carbocycles. The van der Waals surface area contributed by atoms with E-state index in [1.807, 2.05) is 19.1 Å². The van der Waals surface area contributed by atoms with Gasteiger partial charge in [-0.1, -0.05) is 0 Å². The van der Waals surface area contributed by atoms with Crippen LogP contribution in [0.5, 0.6) is 28.7 Å². The number of hydrogen-bond acceptors (Lipinski definition) is 9. The molecule has 5 rings (SSSR count). The number of nitrogens with one attached hydrogen (secondary N) is 1. The van der Waals surface area contributed by atoms with Crippen molar-refractivity contribution in [1.82, 2.24) is 5.32 Å². The lowest BCUT2D eigenvalue weighted by Crippen LogP contribution is -2.44. The van der Waals surface area contributed by atoms with E-state index in [4.69, 9.17) is 23.7 Å². The maximum atomic E-state index is 13.0. The quantitative estimate of drug-likeness (QED) is 0.561. The first-order valence-corrected chi connectivity index (χ1v) is 10.9. The number of ether oxygens (including phenoxy) is 5. The first kappa shape index (κ1) is 21.7. The molecule has 2 aromatic rings. The second-order valence-electron chi connectivity index (χ2n) is 8.63. The summed E-state index contributed by atoms with van der Waals surface area (Å²) in [6.45, 7) is 2.24. The highest BCUT2D eigenvalue weighted by molar-refractivity contribution is 5.79. The number of hydrogen-bond donors (Lipinski definition) is 3. The van der Waals surface area contributed by atoms with Gasteiger partial charge >= 0.3 is 5.97 Å². The van der Waals surface area contributed by atoms with Crippen molar-refractivity contribution in [2.75, 3.05) is 34.2 Å². The first-order valence-electron chi connectivity index (χ1n) is 10.9. The van der Waals surface area contributed by atoms with E-state index in [1.54, 1.807) is 12.1 Å². The van der Waals surface area contributed by atoms with Crippen molar-refractivity contribution in [3.8, 4) is 28.7 Å². The zero-order chi connectivity index (χ0) is 23.3. The zero-order valence-corrected chi connectivity index (χ0v) is 18.7. The lowest BCUT2D eigenvalue weighted by Gasteiger charge is -2.40. The van der Waals surface area contributed by atoms with Crippen molar-refractivity contribution >= 4 is 5.97 Å². The Morgan fingerprint density at radius 3 is 2.30 bits per heavy atom. The summed E-state index contributed by atoms with van der Waals surface area (Å²) in [5.74, 6) is 0.314. The standard InChI is InChI=1S/C24H27NO8/c1-11(8-26)25-22-14-7-17-16(32-10-33-17)6-13(14)20(21-15(22)9-31-24(21)28)12-4-18(29-2)23(27)19(5-12)30-3/h4-7,11,15,20-22,25-27H,8-10H2,1-3H3/t11?,15-,20+,21-,22+/m0/s1. The van der Waals surface area contributed by atoms with Crippen molar-refractivity contribution in [2.24, 2.45) is 11.8 Å². The summed E-state index contributed by atoms with van der Waals surface area (Å²) in [4.78, 5) is 13.0. The van der Waals surface area contributed by atoms with Crippen LogP contribution in [0.3, 0.4) is 0 Å². The molecule has 33 heavy (non-hydrogen) atoms. The molecule has 1 aliphatic carbocycles. The molecule has 9 heteroatoms. The summed E-state index contributed by atoms with van der Waals surface area (Å²) in [7, 11) is 2.93. The second kappa shape index (κ2) is 8.31. The minimum Gasteiger partial charge on any atom is -0.502 e. The van der Waals surface area contributed by atoms with Gasteiger partial charge in [0.05, 0.1) is 33.4 Å². The predicted octanol–water partition coefficient (Wildman–Crippen LogP) is 2.08. The van der Waals surface area contributed by atoms with Crippen LogP contribution in [0.25, 0.3) is 0 Å². The average Bonchev–Trinajstić information content (AvgIpc) is 3.44. The van der Waals surface area contributed by atoms with Crippen LogP contribution in [0.2, 0.25) is 0 Å². The van der Waals surface area contributed by atoms with Crippen LogP contribution in [-0.4, -0.2) is 56.5 Å². The molecule has 0 amide bonds. The van der Waals surface area contributed by atoms with Crippen LogP contribution in [0.4, 0.5) is 0 Å². The van der Waals surface area contributed by atoms with Gasteiger partial charge in [0.1, 0.15) is 0 Å². The van der Waals surface area contributed by atoms with Gasteiger partial charge in [0.15, 0.2) is 23.0 Å². The van der Waals surface area contributed by atoms with E-state index < -0.39 is 5.92 Å². The Bertz CT molecular complexity index is 1060. The Kier molecular flexibility index (Phi) is 5.46. The molecule has 176 valence electrons. The molecule has 1 saturated heterocycles. The number of aliphatic hydroxyl groups is 1. The lowest BCUT2D eigenvalue weighted by molar-refractivity contribution is -0.141. The number of aliphatic hydroxyl groups excluding tert-OH is 1. The minimum absolute atomic E-state index is 0.0433. The van der Waals surface area contributed by atoms with Crippen molar-refractivity contribution < 1.29 is 38.7 Å². The fourth-order valence-electron chi connectivity index (χ4n) is 5.23. The van der Waals surface area contributed by atoms with Crippen LogP contribution in [0.1, 0.15) is 35.6 Å². The number of esters is 1. The average molecular weight is 457 g/mol. The number of methoxy groups -OCH3 is 2. The minimum atomic E-state index is -0.486. The topological polar surface area (TPSA) is 116 Å². The fourth-order valence-corrected chi connectivity index (χ4v) is 5.23. The third kappa shape index (κ3) is 3.43. The van der Waals surface area contributed by atoms with Crippen molar-refractivity contribution in [2.45, 2.75) is 24.9 Å². The van der Waals surface area contributed by atoms with Gasteiger partial charge in [-0.15, -0.1) is 0 Å². The molecule has 2 heterocycles. The van der Waals surface area contributed by atoms with E-state index in [0.29, 0.717) is 11.5 Å². The number of benzene rings is 2. The molecule has 0 saturated carbocycles. The molecule has 3 aliphatic rings. The van der Waals surface area contributed by atoms with E-state index in [0.717, 1.165) is 16.7 Å². The van der Waals surface area contributed by atoms with Gasteiger partial charge in [-0.05, 0) is 47.9 Å². The Balaban J connectivity index is 1.73. The fraction of sp³-hybridized carbons (Fsp3) is 0.458. The summed E-state index contributed by atoms with van der Waals surface area (Å²) in [5.41, 5.74) is 2.59. The van der Waals surface area contributed by atoms with Crippen molar-refractivity contribution in [3.05, 3.63) is 41.0 Å². The highest BCUT2D eigenvalue weighted by Crippen LogP contribution is 2.55. The van der Waals surface area contributed by atoms with Crippen molar-refractivity contribution in [1.29, 1.82) is 0 Å². The SMILES string of the molecule is COc1cc([C@@H]2c3cc4c(cc3[C@@H](NC(C)CO)[C@H]3COC(=O)[C@H]23)OCO4)cc(OC)c1O. The number of rotatable bonds is 6. The second-order valence-corrected chi connectivity index (χ2v) is 8.63. The number of carbonyl (C=O) groups is 1. The van der Waals surface area contributed by atoms with Crippen LogP contribution in [-0.2, 0) is 9.53 Å². The van der Waals surface area contributed by atoms with Gasteiger partial charge in [-0.25, -0.2) is 0 Å². The molecule has 3 N–H and O–H groups in total.